The van der Waals surface area contributed by atoms with Crippen molar-refractivity contribution in [2.24, 2.45) is 0 Å². The summed E-state index contributed by atoms with van der Waals surface area (Å²) in [6, 6.07) is 13.1. The third-order valence-corrected chi connectivity index (χ3v) is 3.30. The Morgan fingerprint density at radius 3 is 2.70 bits per heavy atom. The maximum absolute atomic E-state index is 13.3. The topological polar surface area (TPSA) is 30.2 Å². The quantitative estimate of drug-likeness (QED) is 0.660. The minimum atomic E-state index is -0.415. The Labute approximate surface area is 115 Å². The fourth-order valence-electron chi connectivity index (χ4n) is 2.37. The first-order valence-electron chi connectivity index (χ1n) is 6.51. The van der Waals surface area contributed by atoms with E-state index in [1.165, 1.54) is 18.2 Å². The van der Waals surface area contributed by atoms with Crippen LogP contribution >= 0.6 is 0 Å². The van der Waals surface area contributed by atoms with Gasteiger partial charge in [-0.1, -0.05) is 37.3 Å². The van der Waals surface area contributed by atoms with Gasteiger partial charge in [0, 0.05) is 17.4 Å². The summed E-state index contributed by atoms with van der Waals surface area (Å²) in [7, 11) is 0. The molecule has 0 amide bonds. The second-order valence-corrected chi connectivity index (χ2v) is 4.59. The predicted molar refractivity (Wildman–Crippen MR) is 75.4 cm³/mol. The lowest BCUT2D eigenvalue weighted by Gasteiger charge is -2.01. The van der Waals surface area contributed by atoms with E-state index in [4.69, 9.17) is 4.42 Å². The minimum Gasteiger partial charge on any atom is -0.460 e. The van der Waals surface area contributed by atoms with Crippen molar-refractivity contribution in [3.8, 4) is 0 Å². The molecule has 1 heterocycles. The lowest BCUT2D eigenvalue weighted by molar-refractivity contribution is 0.103. The summed E-state index contributed by atoms with van der Waals surface area (Å²) in [6.07, 6.45) is 0.616. The first-order valence-corrected chi connectivity index (χ1v) is 6.51. The van der Waals surface area contributed by atoms with Gasteiger partial charge in [-0.25, -0.2) is 4.39 Å². The van der Waals surface area contributed by atoms with Gasteiger partial charge in [0.1, 0.15) is 17.2 Å². The third-order valence-electron chi connectivity index (χ3n) is 3.30. The zero-order valence-electron chi connectivity index (χ0n) is 11.0. The summed E-state index contributed by atoms with van der Waals surface area (Å²) in [4.78, 5) is 12.6. The molecule has 3 heteroatoms. The number of ketones is 1. The van der Waals surface area contributed by atoms with Crippen molar-refractivity contribution in [2.75, 3.05) is 0 Å². The number of fused-ring (bicyclic) bond motifs is 1. The van der Waals surface area contributed by atoms with E-state index < -0.39 is 5.82 Å². The Hall–Kier alpha value is -2.42. The van der Waals surface area contributed by atoms with Crippen molar-refractivity contribution >= 4 is 16.8 Å². The zero-order chi connectivity index (χ0) is 14.1. The highest BCUT2D eigenvalue weighted by molar-refractivity contribution is 6.16. The number of carbonyl (C=O) groups excluding carboxylic acids is 1. The summed E-state index contributed by atoms with van der Waals surface area (Å²) in [6.45, 7) is 1.93. The van der Waals surface area contributed by atoms with Gasteiger partial charge in [0.15, 0.2) is 5.78 Å². The van der Waals surface area contributed by atoms with Crippen LogP contribution in [0.15, 0.2) is 52.9 Å². The van der Waals surface area contributed by atoms with E-state index in [0.717, 1.165) is 5.39 Å². The molecule has 3 rings (SSSR count). The van der Waals surface area contributed by atoms with Crippen LogP contribution in [-0.2, 0) is 6.42 Å². The molecule has 0 radical (unpaired) electrons. The standard InChI is InChI=1S/C17H13FO2/c1-2-14-16(13-8-3-4-9-15(13)20-14)17(19)11-6-5-7-12(18)10-11/h3-10H,2H2,1H3. The molecule has 0 bridgehead atoms. The Bertz CT molecular complexity index is 787. The molecule has 2 aromatic carbocycles. The molecule has 2 nitrogen and oxygen atoms in total. The Kier molecular flexibility index (Phi) is 3.11. The average Bonchev–Trinajstić information content (AvgIpc) is 2.85. The lowest BCUT2D eigenvalue weighted by atomic mass is 9.99. The van der Waals surface area contributed by atoms with Crippen LogP contribution in [0.5, 0.6) is 0 Å². The van der Waals surface area contributed by atoms with Gasteiger partial charge < -0.3 is 4.42 Å². The monoisotopic (exact) mass is 268 g/mol. The van der Waals surface area contributed by atoms with E-state index in [0.29, 0.717) is 28.9 Å². The van der Waals surface area contributed by atoms with Crippen LogP contribution in [0.1, 0.15) is 28.6 Å². The van der Waals surface area contributed by atoms with Gasteiger partial charge >= 0.3 is 0 Å². The first-order chi connectivity index (χ1) is 9.70. The minimum absolute atomic E-state index is 0.202. The number of furan rings is 1. The number of aryl methyl sites for hydroxylation is 1. The number of halogens is 1. The second-order valence-electron chi connectivity index (χ2n) is 4.59. The molecular formula is C17H13FO2. The number of benzene rings is 2. The molecule has 0 unspecified atom stereocenters. The van der Waals surface area contributed by atoms with Gasteiger partial charge in [0.25, 0.3) is 0 Å². The van der Waals surface area contributed by atoms with Crippen molar-refractivity contribution in [3.05, 3.63) is 71.2 Å². The van der Waals surface area contributed by atoms with Crippen LogP contribution in [0, 0.1) is 5.82 Å². The number of hydrogen-bond donors (Lipinski definition) is 0. The molecule has 0 N–H and O–H groups in total. The maximum atomic E-state index is 13.3. The fraction of sp³-hybridized carbons (Fsp3) is 0.118. The van der Waals surface area contributed by atoms with Gasteiger partial charge in [-0.05, 0) is 18.2 Å². The van der Waals surface area contributed by atoms with E-state index >= 15 is 0 Å². The molecule has 0 aliphatic rings. The predicted octanol–water partition coefficient (Wildman–Crippen LogP) is 4.37. The molecule has 0 atom stereocenters. The van der Waals surface area contributed by atoms with Crippen LogP contribution in [0.25, 0.3) is 11.0 Å². The Morgan fingerprint density at radius 2 is 1.95 bits per heavy atom. The van der Waals surface area contributed by atoms with E-state index in [1.807, 2.05) is 31.2 Å². The lowest BCUT2D eigenvalue weighted by Crippen LogP contribution is -2.03. The summed E-state index contributed by atoms with van der Waals surface area (Å²) in [5.74, 6) is 0.0217. The molecule has 0 fully saturated rings. The van der Waals surface area contributed by atoms with Crippen molar-refractivity contribution in [1.29, 1.82) is 0 Å². The molecule has 0 saturated heterocycles. The number of para-hydroxylation sites is 1. The highest BCUT2D eigenvalue weighted by Crippen LogP contribution is 2.28. The molecule has 0 spiro atoms. The van der Waals surface area contributed by atoms with Crippen LogP contribution in [0.3, 0.4) is 0 Å². The van der Waals surface area contributed by atoms with Crippen LogP contribution < -0.4 is 0 Å². The normalized spacial score (nSPS) is 10.9. The largest absolute Gasteiger partial charge is 0.460 e. The molecule has 0 aliphatic carbocycles. The Morgan fingerprint density at radius 1 is 1.15 bits per heavy atom. The molecule has 20 heavy (non-hydrogen) atoms. The number of rotatable bonds is 3. The number of carbonyl (C=O) groups is 1. The third kappa shape index (κ3) is 2.01. The van der Waals surface area contributed by atoms with Gasteiger partial charge in [-0.2, -0.15) is 0 Å². The van der Waals surface area contributed by atoms with Crippen LogP contribution in [0.4, 0.5) is 4.39 Å². The molecule has 0 aliphatic heterocycles. The fourth-order valence-corrected chi connectivity index (χ4v) is 2.37. The van der Waals surface area contributed by atoms with Crippen molar-refractivity contribution in [2.45, 2.75) is 13.3 Å². The van der Waals surface area contributed by atoms with E-state index in [1.54, 1.807) is 6.07 Å². The molecule has 0 saturated carbocycles. The number of hydrogen-bond acceptors (Lipinski definition) is 2. The van der Waals surface area contributed by atoms with Crippen LogP contribution in [-0.4, -0.2) is 5.78 Å². The Balaban J connectivity index is 2.20. The summed E-state index contributed by atoms with van der Waals surface area (Å²) >= 11 is 0. The van der Waals surface area contributed by atoms with E-state index in [2.05, 4.69) is 0 Å². The van der Waals surface area contributed by atoms with Gasteiger partial charge in [-0.3, -0.25) is 4.79 Å². The maximum Gasteiger partial charge on any atom is 0.197 e. The molecule has 3 aromatic rings. The zero-order valence-corrected chi connectivity index (χ0v) is 11.0. The first kappa shape index (κ1) is 12.6. The van der Waals surface area contributed by atoms with E-state index in [9.17, 15) is 9.18 Å². The van der Waals surface area contributed by atoms with Gasteiger partial charge in [0.2, 0.25) is 0 Å². The molecule has 100 valence electrons. The highest BCUT2D eigenvalue weighted by Gasteiger charge is 2.20. The summed E-state index contributed by atoms with van der Waals surface area (Å²) in [5, 5.41) is 0.776. The SMILES string of the molecule is CCc1oc2ccccc2c1C(=O)c1cccc(F)c1. The van der Waals surface area contributed by atoms with E-state index in [-0.39, 0.29) is 5.78 Å². The van der Waals surface area contributed by atoms with Crippen molar-refractivity contribution in [3.63, 3.8) is 0 Å². The second kappa shape index (κ2) is 4.93. The molecule has 1 aromatic heterocycles. The highest BCUT2D eigenvalue weighted by atomic mass is 19.1. The van der Waals surface area contributed by atoms with Gasteiger partial charge in [-0.15, -0.1) is 0 Å². The van der Waals surface area contributed by atoms with Crippen molar-refractivity contribution in [1.82, 2.24) is 0 Å². The smallest absolute Gasteiger partial charge is 0.197 e. The van der Waals surface area contributed by atoms with Crippen LogP contribution in [0.2, 0.25) is 0 Å². The molecular weight excluding hydrogens is 255 g/mol. The van der Waals surface area contributed by atoms with Crippen molar-refractivity contribution < 1.29 is 13.6 Å². The summed E-state index contributed by atoms with van der Waals surface area (Å²) in [5.41, 5.74) is 1.56. The van der Waals surface area contributed by atoms with Gasteiger partial charge in [0.05, 0.1) is 5.56 Å². The summed E-state index contributed by atoms with van der Waals surface area (Å²) < 4.78 is 19.0. The average molecular weight is 268 g/mol.